The van der Waals surface area contributed by atoms with Crippen LogP contribution in [0.4, 0.5) is 0 Å². The van der Waals surface area contributed by atoms with Crippen LogP contribution in [-0.4, -0.2) is 49.1 Å². The number of nitrogens with one attached hydrogen (secondary N) is 1. The van der Waals surface area contributed by atoms with Crippen LogP contribution in [0.3, 0.4) is 0 Å². The lowest BCUT2D eigenvalue weighted by atomic mass is 10.2. The highest BCUT2D eigenvalue weighted by Crippen LogP contribution is 2.39. The van der Waals surface area contributed by atoms with E-state index < -0.39 is 15.8 Å². The Labute approximate surface area is 146 Å². The summed E-state index contributed by atoms with van der Waals surface area (Å²) >= 11 is 0. The van der Waals surface area contributed by atoms with Crippen molar-refractivity contribution in [2.75, 3.05) is 26.2 Å². The van der Waals surface area contributed by atoms with Crippen molar-refractivity contribution in [2.45, 2.75) is 11.8 Å². The molecular weight excluding hydrogens is 344 g/mol. The fourth-order valence-corrected chi connectivity index (χ4v) is 4.28. The minimum Gasteiger partial charge on any atom is -0.504 e. The number of piperazine rings is 1. The van der Waals surface area contributed by atoms with Crippen LogP contribution in [0, 0.1) is 6.92 Å². The van der Waals surface area contributed by atoms with Crippen molar-refractivity contribution in [3.05, 3.63) is 42.0 Å². The minimum absolute atomic E-state index is 0.0133. The monoisotopic (exact) mass is 364 g/mol. The van der Waals surface area contributed by atoms with Crippen LogP contribution in [-0.2, 0) is 10.0 Å². The molecule has 0 aliphatic carbocycles. The van der Waals surface area contributed by atoms with Gasteiger partial charge in [-0.3, -0.25) is 0 Å². The molecule has 0 saturated carbocycles. The summed E-state index contributed by atoms with van der Waals surface area (Å²) in [6.45, 7) is 3.75. The standard InChI is InChI=1S/C17H20N2O5S/c1-12-5-6-14(24-15-4-2-3-13(20)17(15)21)16(11-12)25(22,23)19-9-7-18-8-10-19/h2-6,11,18,20-21H,7-10H2,1H3. The van der Waals surface area contributed by atoms with Gasteiger partial charge >= 0.3 is 0 Å². The topological polar surface area (TPSA) is 99.1 Å². The normalized spacial score (nSPS) is 15.9. The van der Waals surface area contributed by atoms with E-state index in [1.807, 2.05) is 0 Å². The molecule has 0 amide bonds. The van der Waals surface area contributed by atoms with Gasteiger partial charge in [-0.15, -0.1) is 0 Å². The third-order valence-corrected chi connectivity index (χ3v) is 5.91. The first kappa shape index (κ1) is 17.5. The Bertz CT molecular complexity index is 877. The van der Waals surface area contributed by atoms with Crippen molar-refractivity contribution in [1.82, 2.24) is 9.62 Å². The van der Waals surface area contributed by atoms with Gasteiger partial charge in [-0.1, -0.05) is 12.1 Å². The van der Waals surface area contributed by atoms with Crippen molar-refractivity contribution < 1.29 is 23.4 Å². The second-order valence-corrected chi connectivity index (χ2v) is 7.74. The molecule has 134 valence electrons. The van der Waals surface area contributed by atoms with Crippen LogP contribution in [0.2, 0.25) is 0 Å². The number of hydrogen-bond acceptors (Lipinski definition) is 6. The smallest absolute Gasteiger partial charge is 0.246 e. The molecular formula is C17H20N2O5S. The molecule has 0 atom stereocenters. The van der Waals surface area contributed by atoms with E-state index in [1.54, 1.807) is 25.1 Å². The van der Waals surface area contributed by atoms with Crippen molar-refractivity contribution in [2.24, 2.45) is 0 Å². The van der Waals surface area contributed by atoms with E-state index >= 15 is 0 Å². The first-order chi connectivity index (χ1) is 11.9. The SMILES string of the molecule is Cc1ccc(Oc2cccc(O)c2O)c(S(=O)(=O)N2CCNCC2)c1. The number of sulfonamides is 1. The van der Waals surface area contributed by atoms with Crippen LogP contribution in [0.1, 0.15) is 5.56 Å². The lowest BCUT2D eigenvalue weighted by molar-refractivity contribution is 0.354. The van der Waals surface area contributed by atoms with Crippen LogP contribution in [0.25, 0.3) is 0 Å². The molecule has 2 aromatic carbocycles. The lowest BCUT2D eigenvalue weighted by Gasteiger charge is -2.27. The maximum atomic E-state index is 13.0. The fourth-order valence-electron chi connectivity index (χ4n) is 2.64. The van der Waals surface area contributed by atoms with Gasteiger partial charge in [0.15, 0.2) is 11.5 Å². The van der Waals surface area contributed by atoms with E-state index in [1.165, 1.54) is 22.5 Å². The number of aromatic hydroxyl groups is 2. The van der Waals surface area contributed by atoms with Crippen molar-refractivity contribution in [1.29, 1.82) is 0 Å². The number of hydrogen-bond donors (Lipinski definition) is 3. The number of rotatable bonds is 4. The third-order valence-electron chi connectivity index (χ3n) is 3.99. The van der Waals surface area contributed by atoms with Gasteiger partial charge in [0.1, 0.15) is 10.6 Å². The average molecular weight is 364 g/mol. The molecule has 1 heterocycles. The van der Waals surface area contributed by atoms with Crippen LogP contribution < -0.4 is 10.1 Å². The molecule has 1 saturated heterocycles. The molecule has 8 heteroatoms. The number of nitrogens with zero attached hydrogens (tertiary/aromatic N) is 1. The summed E-state index contributed by atoms with van der Waals surface area (Å²) in [5.41, 5.74) is 0.779. The molecule has 25 heavy (non-hydrogen) atoms. The van der Waals surface area contributed by atoms with Crippen LogP contribution in [0.15, 0.2) is 41.3 Å². The minimum atomic E-state index is -3.73. The molecule has 0 bridgehead atoms. The Morgan fingerprint density at radius 1 is 1.08 bits per heavy atom. The molecule has 1 aliphatic heterocycles. The van der Waals surface area contributed by atoms with Gasteiger partial charge in [-0.2, -0.15) is 4.31 Å². The van der Waals surface area contributed by atoms with Gasteiger partial charge in [-0.25, -0.2) is 8.42 Å². The summed E-state index contributed by atoms with van der Waals surface area (Å²) in [7, 11) is -3.73. The maximum Gasteiger partial charge on any atom is 0.246 e. The zero-order valence-electron chi connectivity index (χ0n) is 13.8. The van der Waals surface area contributed by atoms with E-state index in [9.17, 15) is 18.6 Å². The lowest BCUT2D eigenvalue weighted by Crippen LogP contribution is -2.46. The number of phenolic OH excluding ortho intramolecular Hbond substituents is 2. The second-order valence-electron chi connectivity index (χ2n) is 5.83. The van der Waals surface area contributed by atoms with E-state index in [-0.39, 0.29) is 22.1 Å². The van der Waals surface area contributed by atoms with Gasteiger partial charge in [0.25, 0.3) is 0 Å². The van der Waals surface area contributed by atoms with Gasteiger partial charge < -0.3 is 20.3 Å². The summed E-state index contributed by atoms with van der Waals surface area (Å²) in [4.78, 5) is 0.0390. The number of aryl methyl sites for hydroxylation is 1. The predicted octanol–water partition coefficient (Wildman–Crippen LogP) is 1.79. The van der Waals surface area contributed by atoms with E-state index in [2.05, 4.69) is 5.32 Å². The number of para-hydroxylation sites is 1. The summed E-state index contributed by atoms with van der Waals surface area (Å²) in [5.74, 6) is -0.685. The largest absolute Gasteiger partial charge is 0.504 e. The van der Waals surface area contributed by atoms with Gasteiger partial charge in [0, 0.05) is 26.2 Å². The molecule has 0 aromatic heterocycles. The zero-order valence-corrected chi connectivity index (χ0v) is 14.6. The third kappa shape index (κ3) is 3.55. The molecule has 3 rings (SSSR count). The van der Waals surface area contributed by atoms with Crippen molar-refractivity contribution >= 4 is 10.0 Å². The molecule has 1 aliphatic rings. The zero-order chi connectivity index (χ0) is 18.0. The molecule has 3 N–H and O–H groups in total. The Balaban J connectivity index is 2.02. The number of benzene rings is 2. The van der Waals surface area contributed by atoms with Crippen molar-refractivity contribution in [3.63, 3.8) is 0 Å². The molecule has 7 nitrogen and oxygen atoms in total. The van der Waals surface area contributed by atoms with Gasteiger partial charge in [-0.05, 0) is 36.8 Å². The first-order valence-corrected chi connectivity index (χ1v) is 9.34. The maximum absolute atomic E-state index is 13.0. The Morgan fingerprint density at radius 3 is 2.52 bits per heavy atom. The molecule has 0 radical (unpaired) electrons. The predicted molar refractivity (Wildman–Crippen MR) is 92.7 cm³/mol. The summed E-state index contributed by atoms with van der Waals surface area (Å²) in [6.07, 6.45) is 0. The van der Waals surface area contributed by atoms with Crippen LogP contribution in [0.5, 0.6) is 23.0 Å². The highest BCUT2D eigenvalue weighted by atomic mass is 32.2. The van der Waals surface area contributed by atoms with Crippen molar-refractivity contribution in [3.8, 4) is 23.0 Å². The summed E-state index contributed by atoms with van der Waals surface area (Å²) in [6, 6.07) is 9.10. The number of ether oxygens (including phenoxy) is 1. The average Bonchev–Trinajstić information content (AvgIpc) is 2.61. The Hall–Kier alpha value is -2.29. The fraction of sp³-hybridized carbons (Fsp3) is 0.294. The quantitative estimate of drug-likeness (QED) is 0.716. The second kappa shape index (κ2) is 6.91. The molecule has 0 spiro atoms. The molecule has 2 aromatic rings. The summed E-state index contributed by atoms with van der Waals surface area (Å²) in [5, 5.41) is 22.6. The highest BCUT2D eigenvalue weighted by Gasteiger charge is 2.29. The molecule has 1 fully saturated rings. The summed E-state index contributed by atoms with van der Waals surface area (Å²) < 4.78 is 33.0. The van der Waals surface area contributed by atoms with E-state index in [0.29, 0.717) is 26.2 Å². The van der Waals surface area contributed by atoms with E-state index in [0.717, 1.165) is 5.56 Å². The first-order valence-electron chi connectivity index (χ1n) is 7.90. The van der Waals surface area contributed by atoms with Gasteiger partial charge in [0.2, 0.25) is 15.8 Å². The highest BCUT2D eigenvalue weighted by molar-refractivity contribution is 7.89. The van der Waals surface area contributed by atoms with Gasteiger partial charge in [0.05, 0.1) is 0 Å². The Kier molecular flexibility index (Phi) is 4.85. The number of phenols is 2. The van der Waals surface area contributed by atoms with E-state index in [4.69, 9.17) is 4.74 Å². The Morgan fingerprint density at radius 2 is 1.80 bits per heavy atom. The van der Waals surface area contributed by atoms with Crippen LogP contribution >= 0.6 is 0 Å². The molecule has 0 unspecified atom stereocenters.